The first-order valence-electron chi connectivity index (χ1n) is 10.6. The quantitative estimate of drug-likeness (QED) is 0.361. The van der Waals surface area contributed by atoms with Crippen LogP contribution in [0.25, 0.3) is 0 Å². The predicted octanol–water partition coefficient (Wildman–Crippen LogP) is 6.14. The van der Waals surface area contributed by atoms with Crippen LogP contribution in [-0.4, -0.2) is 0 Å². The number of nitrogens with zero attached hydrogens (tertiary/aromatic N) is 1. The van der Waals surface area contributed by atoms with E-state index in [1.165, 1.54) is 30.3 Å². The molecule has 4 rings (SSSR count). The molecule has 4 aromatic rings. The van der Waals surface area contributed by atoms with Gasteiger partial charge in [-0.2, -0.15) is 5.26 Å². The smallest absolute Gasteiger partial charge is 0.140 e. The minimum Gasteiger partial charge on any atom is -0.488 e. The van der Waals surface area contributed by atoms with Crippen molar-refractivity contribution in [3.05, 3.63) is 131 Å². The zero-order valence-electron chi connectivity index (χ0n) is 18.5. The topological polar surface area (TPSA) is 68.3 Å². The van der Waals surface area contributed by atoms with Crippen molar-refractivity contribution in [3.63, 3.8) is 0 Å². The van der Waals surface area contributed by atoms with Crippen molar-refractivity contribution in [2.24, 2.45) is 5.73 Å². The molecule has 0 amide bonds. The highest BCUT2D eigenvalue weighted by Gasteiger charge is 2.06. The Morgan fingerprint density at radius 3 is 1.71 bits per heavy atom. The Labute approximate surface area is 197 Å². The molecule has 0 saturated heterocycles. The fourth-order valence-electron chi connectivity index (χ4n) is 3.01. The van der Waals surface area contributed by atoms with E-state index in [9.17, 15) is 8.78 Å². The van der Waals surface area contributed by atoms with Crippen LogP contribution in [0.15, 0.2) is 97.1 Å². The van der Waals surface area contributed by atoms with E-state index in [-0.39, 0.29) is 11.6 Å². The van der Waals surface area contributed by atoms with Crippen LogP contribution >= 0.6 is 0 Å². The van der Waals surface area contributed by atoms with Crippen molar-refractivity contribution in [1.82, 2.24) is 0 Å². The van der Waals surface area contributed by atoms with Gasteiger partial charge >= 0.3 is 0 Å². The van der Waals surface area contributed by atoms with Gasteiger partial charge in [0.25, 0.3) is 0 Å². The lowest BCUT2D eigenvalue weighted by Crippen LogP contribution is -2.03. The van der Waals surface area contributed by atoms with Crippen LogP contribution in [0.5, 0.6) is 11.5 Å². The Morgan fingerprint density at radius 1 is 0.676 bits per heavy atom. The molecule has 0 unspecified atom stereocenters. The molecule has 0 aliphatic heterocycles. The molecule has 0 spiro atoms. The van der Waals surface area contributed by atoms with Gasteiger partial charge in [0.05, 0.1) is 5.56 Å². The summed E-state index contributed by atoms with van der Waals surface area (Å²) in [5.41, 5.74) is 8.72. The number of hydrogen-bond acceptors (Lipinski definition) is 4. The van der Waals surface area contributed by atoms with Gasteiger partial charge in [-0.1, -0.05) is 66.7 Å². The first kappa shape index (κ1) is 24.4. The fourth-order valence-corrected chi connectivity index (χ4v) is 3.01. The second kappa shape index (κ2) is 12.7. The van der Waals surface area contributed by atoms with Gasteiger partial charge in [-0.15, -0.1) is 0 Å². The Morgan fingerprint density at radius 2 is 1.18 bits per heavy atom. The van der Waals surface area contributed by atoms with E-state index in [0.717, 1.165) is 16.7 Å². The minimum atomic E-state index is -0.410. The summed E-state index contributed by atoms with van der Waals surface area (Å²) < 4.78 is 37.1. The number of nitrogens with two attached hydrogens (primary N) is 1. The molecule has 2 N–H and O–H groups in total. The standard InChI is InChI=1S/C14H14FNO.C14H10FNO/c2*15-13-7-6-12(9-16)14(8-13)17-10-11-4-2-1-3-5-11/h1-8H,9-10,16H2;1-8H,10H2. The van der Waals surface area contributed by atoms with Gasteiger partial charge in [0.1, 0.15) is 42.4 Å². The molecule has 6 heteroatoms. The number of ether oxygens (including phenoxy) is 2. The molecule has 34 heavy (non-hydrogen) atoms. The van der Waals surface area contributed by atoms with E-state index in [1.54, 1.807) is 6.07 Å². The van der Waals surface area contributed by atoms with E-state index >= 15 is 0 Å². The lowest BCUT2D eigenvalue weighted by molar-refractivity contribution is 0.301. The molecule has 0 radical (unpaired) electrons. The third-order valence-electron chi connectivity index (χ3n) is 4.79. The van der Waals surface area contributed by atoms with Crippen LogP contribution in [0.1, 0.15) is 22.3 Å². The molecule has 0 saturated carbocycles. The van der Waals surface area contributed by atoms with Crippen LogP contribution < -0.4 is 15.2 Å². The maximum Gasteiger partial charge on any atom is 0.140 e. The fraction of sp³-hybridized carbons (Fsp3) is 0.107. The Balaban J connectivity index is 0.000000191. The maximum atomic E-state index is 13.1. The van der Waals surface area contributed by atoms with Crippen molar-refractivity contribution in [3.8, 4) is 17.6 Å². The molecule has 0 aromatic heterocycles. The average molecular weight is 459 g/mol. The van der Waals surface area contributed by atoms with Gasteiger partial charge in [0.15, 0.2) is 0 Å². The summed E-state index contributed by atoms with van der Waals surface area (Å²) in [6.45, 7) is 1.07. The zero-order valence-corrected chi connectivity index (χ0v) is 18.5. The summed E-state index contributed by atoms with van der Waals surface area (Å²) in [6.07, 6.45) is 0. The second-order valence-corrected chi connectivity index (χ2v) is 7.26. The average Bonchev–Trinajstić information content (AvgIpc) is 2.88. The van der Waals surface area contributed by atoms with E-state index in [0.29, 0.717) is 31.1 Å². The number of rotatable bonds is 7. The largest absolute Gasteiger partial charge is 0.488 e. The van der Waals surface area contributed by atoms with Crippen LogP contribution in [0.2, 0.25) is 0 Å². The predicted molar refractivity (Wildman–Crippen MR) is 127 cm³/mol. The maximum absolute atomic E-state index is 13.1. The van der Waals surface area contributed by atoms with Gasteiger partial charge in [-0.05, 0) is 29.3 Å². The van der Waals surface area contributed by atoms with Crippen LogP contribution in [-0.2, 0) is 19.8 Å². The zero-order chi connectivity index (χ0) is 24.2. The number of hydrogen-bond donors (Lipinski definition) is 1. The van der Waals surface area contributed by atoms with Gasteiger partial charge < -0.3 is 15.2 Å². The highest BCUT2D eigenvalue weighted by atomic mass is 19.1. The van der Waals surface area contributed by atoms with E-state index < -0.39 is 5.82 Å². The van der Waals surface area contributed by atoms with E-state index in [4.69, 9.17) is 20.5 Å². The minimum absolute atomic E-state index is 0.274. The molecular weight excluding hydrogens is 434 g/mol. The SMILES string of the molecule is N#Cc1ccc(F)cc1OCc1ccccc1.NCc1ccc(F)cc1OCc1ccccc1. The Hall–Kier alpha value is -4.21. The molecule has 172 valence electrons. The normalized spacial score (nSPS) is 9.94. The van der Waals surface area contributed by atoms with Crippen molar-refractivity contribution >= 4 is 0 Å². The van der Waals surface area contributed by atoms with Crippen LogP contribution in [0.3, 0.4) is 0 Å². The lowest BCUT2D eigenvalue weighted by atomic mass is 10.2. The summed E-state index contributed by atoms with van der Waals surface area (Å²) in [6, 6.07) is 29.5. The van der Waals surface area contributed by atoms with Crippen LogP contribution in [0.4, 0.5) is 8.78 Å². The molecule has 0 atom stereocenters. The Bertz CT molecular complexity index is 1230. The third-order valence-corrected chi connectivity index (χ3v) is 4.79. The van der Waals surface area contributed by atoms with Gasteiger partial charge in [-0.25, -0.2) is 8.78 Å². The van der Waals surface area contributed by atoms with Crippen molar-refractivity contribution in [2.45, 2.75) is 19.8 Å². The summed E-state index contributed by atoms with van der Waals surface area (Å²) in [4.78, 5) is 0. The van der Waals surface area contributed by atoms with Gasteiger partial charge in [0, 0.05) is 24.2 Å². The van der Waals surface area contributed by atoms with Crippen molar-refractivity contribution in [1.29, 1.82) is 5.26 Å². The summed E-state index contributed by atoms with van der Waals surface area (Å²) in [5.74, 6) is 0.0602. The number of halogens is 2. The number of nitriles is 1. The molecule has 0 aliphatic rings. The van der Waals surface area contributed by atoms with Gasteiger partial charge in [-0.3, -0.25) is 0 Å². The molecule has 4 nitrogen and oxygen atoms in total. The number of benzene rings is 4. The highest BCUT2D eigenvalue weighted by Crippen LogP contribution is 2.21. The molecule has 0 aliphatic carbocycles. The highest BCUT2D eigenvalue weighted by molar-refractivity contribution is 5.43. The molecule has 0 heterocycles. The lowest BCUT2D eigenvalue weighted by Gasteiger charge is -2.10. The molecular formula is C28H24F2N2O2. The summed E-state index contributed by atoms with van der Waals surface area (Å²) >= 11 is 0. The van der Waals surface area contributed by atoms with E-state index in [2.05, 4.69) is 0 Å². The van der Waals surface area contributed by atoms with E-state index in [1.807, 2.05) is 66.7 Å². The van der Waals surface area contributed by atoms with Crippen LogP contribution in [0, 0.1) is 23.0 Å². The first-order chi connectivity index (χ1) is 16.6. The van der Waals surface area contributed by atoms with Crippen molar-refractivity contribution < 1.29 is 18.3 Å². The summed E-state index contributed by atoms with van der Waals surface area (Å²) in [5, 5.41) is 8.85. The Kier molecular flexibility index (Phi) is 9.15. The van der Waals surface area contributed by atoms with Gasteiger partial charge in [0.2, 0.25) is 0 Å². The van der Waals surface area contributed by atoms with Crippen molar-refractivity contribution in [2.75, 3.05) is 0 Å². The summed E-state index contributed by atoms with van der Waals surface area (Å²) in [7, 11) is 0. The third kappa shape index (κ3) is 7.44. The first-order valence-corrected chi connectivity index (χ1v) is 10.6. The molecule has 0 fully saturated rings. The molecule has 0 bridgehead atoms. The molecule has 4 aromatic carbocycles. The monoisotopic (exact) mass is 458 g/mol. The second-order valence-electron chi connectivity index (χ2n) is 7.26.